The van der Waals surface area contributed by atoms with Crippen LogP contribution in [-0.4, -0.2) is 34.2 Å². The standard InChI is InChI=1S/C16H21BrFNO4/c1-5-8-19(15(22)23-16(2,3)4)13(14(20)21)11-7-6-10(18)9-12(11)17/h6-7,9,13H,5,8H2,1-4H3,(H,20,21). The van der Waals surface area contributed by atoms with Crippen molar-refractivity contribution in [1.29, 1.82) is 0 Å². The van der Waals surface area contributed by atoms with Gasteiger partial charge in [-0.25, -0.2) is 14.0 Å². The van der Waals surface area contributed by atoms with Gasteiger partial charge in [0, 0.05) is 16.6 Å². The Labute approximate surface area is 143 Å². The summed E-state index contributed by atoms with van der Waals surface area (Å²) in [5.41, 5.74) is -0.454. The summed E-state index contributed by atoms with van der Waals surface area (Å²) in [6.07, 6.45) is -0.162. The number of carbonyl (C=O) groups excluding carboxylic acids is 1. The lowest BCUT2D eigenvalue weighted by Gasteiger charge is -2.31. The molecule has 1 atom stereocenters. The number of benzene rings is 1. The fourth-order valence-electron chi connectivity index (χ4n) is 2.04. The summed E-state index contributed by atoms with van der Waals surface area (Å²) >= 11 is 3.16. The number of carboxylic acid groups (broad SMARTS) is 1. The highest BCUT2D eigenvalue weighted by molar-refractivity contribution is 9.10. The maximum atomic E-state index is 13.3. The SMILES string of the molecule is CCCN(C(=O)OC(C)(C)C)C(C(=O)O)c1ccc(F)cc1Br. The topological polar surface area (TPSA) is 66.8 Å². The number of nitrogens with zero attached hydrogens (tertiary/aromatic N) is 1. The van der Waals surface area contributed by atoms with E-state index in [4.69, 9.17) is 4.74 Å². The Hall–Kier alpha value is -1.63. The molecule has 0 aliphatic heterocycles. The lowest BCUT2D eigenvalue weighted by molar-refractivity contribution is -0.143. The minimum absolute atomic E-state index is 0.204. The van der Waals surface area contributed by atoms with Gasteiger partial charge in [-0.15, -0.1) is 0 Å². The van der Waals surface area contributed by atoms with E-state index in [0.29, 0.717) is 12.0 Å². The molecular weight excluding hydrogens is 369 g/mol. The van der Waals surface area contributed by atoms with Gasteiger partial charge in [-0.2, -0.15) is 0 Å². The summed E-state index contributed by atoms with van der Waals surface area (Å²) in [5.74, 6) is -1.71. The number of halogens is 2. The van der Waals surface area contributed by atoms with Gasteiger partial charge in [0.15, 0.2) is 6.04 Å². The number of rotatable bonds is 5. The molecule has 0 fully saturated rings. The van der Waals surface area contributed by atoms with Crippen LogP contribution in [0.1, 0.15) is 45.7 Å². The van der Waals surface area contributed by atoms with Crippen LogP contribution in [-0.2, 0) is 9.53 Å². The van der Waals surface area contributed by atoms with Gasteiger partial charge in [0.05, 0.1) is 0 Å². The molecule has 7 heteroatoms. The first-order chi connectivity index (χ1) is 10.6. The zero-order valence-electron chi connectivity index (χ0n) is 13.6. The summed E-state index contributed by atoms with van der Waals surface area (Å²) in [6.45, 7) is 7.15. The van der Waals surface area contributed by atoms with Crippen LogP contribution in [0.25, 0.3) is 0 Å². The Morgan fingerprint density at radius 2 is 2.00 bits per heavy atom. The van der Waals surface area contributed by atoms with E-state index in [1.807, 2.05) is 6.92 Å². The van der Waals surface area contributed by atoms with E-state index in [0.717, 1.165) is 11.0 Å². The second kappa shape index (κ2) is 7.77. The lowest BCUT2D eigenvalue weighted by Crippen LogP contribution is -2.42. The molecule has 1 rings (SSSR count). The molecular formula is C16H21BrFNO4. The van der Waals surface area contributed by atoms with Crippen molar-refractivity contribution in [2.24, 2.45) is 0 Å². The predicted octanol–water partition coefficient (Wildman–Crippen LogP) is 4.36. The molecule has 5 nitrogen and oxygen atoms in total. The molecule has 1 aromatic rings. The Bertz CT molecular complexity index is 586. The van der Waals surface area contributed by atoms with Gasteiger partial charge < -0.3 is 9.84 Å². The average Bonchev–Trinajstić information content (AvgIpc) is 2.38. The zero-order valence-corrected chi connectivity index (χ0v) is 15.2. The maximum Gasteiger partial charge on any atom is 0.411 e. The number of carbonyl (C=O) groups is 2. The molecule has 0 heterocycles. The Kier molecular flexibility index (Phi) is 6.56. The van der Waals surface area contributed by atoms with Crippen LogP contribution in [0, 0.1) is 5.82 Å². The molecule has 1 unspecified atom stereocenters. The normalized spacial score (nSPS) is 12.6. The number of hydrogen-bond acceptors (Lipinski definition) is 3. The third-order valence-corrected chi connectivity index (χ3v) is 3.58. The van der Waals surface area contributed by atoms with Crippen molar-refractivity contribution < 1.29 is 23.8 Å². The molecule has 0 saturated carbocycles. The monoisotopic (exact) mass is 389 g/mol. The summed E-state index contributed by atoms with van der Waals surface area (Å²) in [6, 6.07) is 2.42. The largest absolute Gasteiger partial charge is 0.479 e. The van der Waals surface area contributed by atoms with E-state index in [1.165, 1.54) is 12.1 Å². The summed E-state index contributed by atoms with van der Waals surface area (Å²) < 4.78 is 18.8. The number of aliphatic carboxylic acids is 1. The first kappa shape index (κ1) is 19.4. The fourth-order valence-corrected chi connectivity index (χ4v) is 2.61. The quantitative estimate of drug-likeness (QED) is 0.811. The minimum atomic E-state index is -1.26. The average molecular weight is 390 g/mol. The summed E-state index contributed by atoms with van der Waals surface area (Å²) in [7, 11) is 0. The van der Waals surface area contributed by atoms with Crippen molar-refractivity contribution in [2.45, 2.75) is 45.8 Å². The zero-order chi connectivity index (χ0) is 17.8. The van der Waals surface area contributed by atoms with E-state index in [1.54, 1.807) is 20.8 Å². The van der Waals surface area contributed by atoms with Crippen LogP contribution in [0.2, 0.25) is 0 Å². The van der Waals surface area contributed by atoms with Crippen molar-refractivity contribution in [3.05, 3.63) is 34.1 Å². The second-order valence-corrected chi connectivity index (χ2v) is 6.93. The maximum absolute atomic E-state index is 13.3. The Morgan fingerprint density at radius 3 is 2.43 bits per heavy atom. The van der Waals surface area contributed by atoms with Crippen molar-refractivity contribution in [2.75, 3.05) is 6.54 Å². The summed E-state index contributed by atoms with van der Waals surface area (Å²) in [5, 5.41) is 9.60. The third-order valence-electron chi connectivity index (χ3n) is 2.90. The van der Waals surface area contributed by atoms with Crippen molar-refractivity contribution in [1.82, 2.24) is 4.90 Å². The van der Waals surface area contributed by atoms with Gasteiger partial charge in [-0.3, -0.25) is 4.90 Å². The molecule has 0 aromatic heterocycles. The highest BCUT2D eigenvalue weighted by atomic mass is 79.9. The first-order valence-electron chi connectivity index (χ1n) is 7.24. The molecule has 1 N–H and O–H groups in total. The van der Waals surface area contributed by atoms with E-state index >= 15 is 0 Å². The Balaban J connectivity index is 3.26. The molecule has 0 radical (unpaired) electrons. The van der Waals surface area contributed by atoms with Gasteiger partial charge in [0.1, 0.15) is 11.4 Å². The van der Waals surface area contributed by atoms with Crippen LogP contribution in [0.4, 0.5) is 9.18 Å². The van der Waals surface area contributed by atoms with E-state index in [-0.39, 0.29) is 11.0 Å². The second-order valence-electron chi connectivity index (χ2n) is 6.08. The Morgan fingerprint density at radius 1 is 1.39 bits per heavy atom. The number of hydrogen-bond donors (Lipinski definition) is 1. The van der Waals surface area contributed by atoms with Crippen LogP contribution in [0.3, 0.4) is 0 Å². The molecule has 0 aliphatic carbocycles. The molecule has 0 aliphatic rings. The number of carboxylic acids is 1. The molecule has 23 heavy (non-hydrogen) atoms. The molecule has 0 spiro atoms. The predicted molar refractivity (Wildman–Crippen MR) is 87.7 cm³/mol. The van der Waals surface area contributed by atoms with Gasteiger partial charge in [0.2, 0.25) is 0 Å². The third kappa shape index (κ3) is 5.49. The van der Waals surface area contributed by atoms with E-state index in [2.05, 4.69) is 15.9 Å². The molecule has 0 bridgehead atoms. The van der Waals surface area contributed by atoms with Crippen LogP contribution < -0.4 is 0 Å². The smallest absolute Gasteiger partial charge is 0.411 e. The van der Waals surface area contributed by atoms with Gasteiger partial charge in [-0.05, 0) is 39.3 Å². The van der Waals surface area contributed by atoms with Crippen molar-refractivity contribution >= 4 is 28.0 Å². The van der Waals surface area contributed by atoms with Crippen molar-refractivity contribution in [3.8, 4) is 0 Å². The van der Waals surface area contributed by atoms with Crippen LogP contribution >= 0.6 is 15.9 Å². The summed E-state index contributed by atoms with van der Waals surface area (Å²) in [4.78, 5) is 25.3. The highest BCUT2D eigenvalue weighted by Gasteiger charge is 2.34. The first-order valence-corrected chi connectivity index (χ1v) is 8.03. The van der Waals surface area contributed by atoms with Gasteiger partial charge in [0.25, 0.3) is 0 Å². The van der Waals surface area contributed by atoms with Crippen LogP contribution in [0.5, 0.6) is 0 Å². The fraction of sp³-hybridized carbons (Fsp3) is 0.500. The minimum Gasteiger partial charge on any atom is -0.479 e. The lowest BCUT2D eigenvalue weighted by atomic mass is 10.1. The number of amides is 1. The molecule has 0 saturated heterocycles. The van der Waals surface area contributed by atoms with Gasteiger partial charge in [-0.1, -0.05) is 28.9 Å². The molecule has 1 aromatic carbocycles. The van der Waals surface area contributed by atoms with E-state index in [9.17, 15) is 19.1 Å². The van der Waals surface area contributed by atoms with Crippen molar-refractivity contribution in [3.63, 3.8) is 0 Å². The molecule has 1 amide bonds. The van der Waals surface area contributed by atoms with E-state index < -0.39 is 29.5 Å². The van der Waals surface area contributed by atoms with Crippen LogP contribution in [0.15, 0.2) is 22.7 Å². The highest BCUT2D eigenvalue weighted by Crippen LogP contribution is 2.30. The number of ether oxygens (including phenoxy) is 1. The molecule has 128 valence electrons. The van der Waals surface area contributed by atoms with Gasteiger partial charge >= 0.3 is 12.1 Å².